The normalized spacial score (nSPS) is 20.3. The van der Waals surface area contributed by atoms with Crippen LogP contribution in [0.4, 0.5) is 5.69 Å². The Labute approximate surface area is 121 Å². The average Bonchev–Trinajstić information content (AvgIpc) is 2.87. The summed E-state index contributed by atoms with van der Waals surface area (Å²) in [5, 5.41) is 11.7. The minimum atomic E-state index is 0.125. The summed E-state index contributed by atoms with van der Waals surface area (Å²) in [7, 11) is 4.23. The smallest absolute Gasteiger partial charge is 0.170 e. The number of hydrogen-bond donors (Lipinski definition) is 2. The Hall–Kier alpha value is -1.27. The first kappa shape index (κ1) is 14.1. The topological polar surface area (TPSA) is 65.1 Å². The van der Waals surface area contributed by atoms with E-state index in [2.05, 4.69) is 45.0 Å². The molecule has 5 nitrogen and oxygen atoms in total. The predicted molar refractivity (Wildman–Crippen MR) is 81.0 cm³/mol. The van der Waals surface area contributed by atoms with Crippen molar-refractivity contribution < 1.29 is 5.21 Å². The number of oxime groups is 1. The Balaban J connectivity index is 2.18. The first-order chi connectivity index (χ1) is 9.02. The maximum atomic E-state index is 8.69. The lowest BCUT2D eigenvalue weighted by Gasteiger charge is -2.23. The molecule has 104 valence electrons. The van der Waals surface area contributed by atoms with Gasteiger partial charge in [0.25, 0.3) is 0 Å². The van der Waals surface area contributed by atoms with Crippen LogP contribution in [0.2, 0.25) is 0 Å². The van der Waals surface area contributed by atoms with E-state index in [-0.39, 0.29) is 5.84 Å². The molecule has 0 spiro atoms. The third-order valence-corrected chi connectivity index (χ3v) is 4.22. The number of anilines is 1. The van der Waals surface area contributed by atoms with Crippen LogP contribution in [-0.4, -0.2) is 49.2 Å². The predicted octanol–water partition coefficient (Wildman–Crippen LogP) is 1.68. The average molecular weight is 327 g/mol. The molecule has 1 aromatic carbocycles. The highest BCUT2D eigenvalue weighted by Gasteiger charge is 2.25. The van der Waals surface area contributed by atoms with Crippen LogP contribution in [0.15, 0.2) is 27.8 Å². The largest absolute Gasteiger partial charge is 0.409 e. The number of halogens is 1. The molecule has 1 atom stereocenters. The molecule has 1 fully saturated rings. The Kier molecular flexibility index (Phi) is 4.31. The van der Waals surface area contributed by atoms with Gasteiger partial charge in [-0.2, -0.15) is 0 Å². The van der Waals surface area contributed by atoms with Crippen LogP contribution in [0.5, 0.6) is 0 Å². The van der Waals surface area contributed by atoms with Gasteiger partial charge in [-0.05, 0) is 54.6 Å². The quantitative estimate of drug-likeness (QED) is 0.384. The molecule has 1 aliphatic heterocycles. The molecule has 0 radical (unpaired) electrons. The first-order valence-electron chi connectivity index (χ1n) is 6.21. The molecule has 1 unspecified atom stereocenters. The Bertz CT molecular complexity index is 490. The maximum Gasteiger partial charge on any atom is 0.170 e. The molecule has 1 aliphatic rings. The summed E-state index contributed by atoms with van der Waals surface area (Å²) in [5.74, 6) is 0.125. The van der Waals surface area contributed by atoms with Crippen molar-refractivity contribution in [3.05, 3.63) is 28.2 Å². The van der Waals surface area contributed by atoms with E-state index in [4.69, 9.17) is 10.9 Å². The van der Waals surface area contributed by atoms with Gasteiger partial charge in [-0.1, -0.05) is 5.16 Å². The minimum Gasteiger partial charge on any atom is -0.409 e. The van der Waals surface area contributed by atoms with Crippen molar-refractivity contribution in [2.24, 2.45) is 10.9 Å². The van der Waals surface area contributed by atoms with Crippen LogP contribution in [-0.2, 0) is 0 Å². The molecular weight excluding hydrogens is 308 g/mol. The Morgan fingerprint density at radius 1 is 1.53 bits per heavy atom. The summed E-state index contributed by atoms with van der Waals surface area (Å²) in [6.45, 7) is 2.07. The summed E-state index contributed by atoms with van der Waals surface area (Å²) in [4.78, 5) is 4.61. The number of likely N-dealkylation sites (N-methyl/N-ethyl adjacent to an activating group) is 1. The zero-order valence-corrected chi connectivity index (χ0v) is 12.8. The summed E-state index contributed by atoms with van der Waals surface area (Å²) in [6, 6.07) is 6.36. The molecule has 1 aromatic rings. The van der Waals surface area contributed by atoms with Gasteiger partial charge in [-0.25, -0.2) is 0 Å². The fourth-order valence-electron chi connectivity index (χ4n) is 2.36. The van der Waals surface area contributed by atoms with Crippen molar-refractivity contribution >= 4 is 27.5 Å². The molecule has 1 heterocycles. The van der Waals surface area contributed by atoms with Gasteiger partial charge in [-0.15, -0.1) is 0 Å². The lowest BCUT2D eigenvalue weighted by atomic mass is 10.2. The van der Waals surface area contributed by atoms with Crippen molar-refractivity contribution in [1.29, 1.82) is 0 Å². The van der Waals surface area contributed by atoms with Crippen LogP contribution in [0.1, 0.15) is 12.0 Å². The van der Waals surface area contributed by atoms with Crippen LogP contribution < -0.4 is 10.6 Å². The number of rotatable bonds is 3. The zero-order valence-electron chi connectivity index (χ0n) is 11.2. The van der Waals surface area contributed by atoms with E-state index in [1.54, 1.807) is 0 Å². The summed E-state index contributed by atoms with van der Waals surface area (Å²) < 4.78 is 0.969. The fraction of sp³-hybridized carbons (Fsp3) is 0.462. The molecule has 0 aromatic heterocycles. The SMILES string of the molecule is CN(C)C1CCN(c2ccc(/C(N)=N/O)cc2Br)C1. The number of hydrogen-bond acceptors (Lipinski definition) is 4. The third-order valence-electron chi connectivity index (χ3n) is 3.59. The molecule has 19 heavy (non-hydrogen) atoms. The molecule has 0 bridgehead atoms. The second-order valence-corrected chi connectivity index (χ2v) is 5.86. The lowest BCUT2D eigenvalue weighted by molar-refractivity contribution is 0.315. The van der Waals surface area contributed by atoms with Gasteiger partial charge < -0.3 is 20.7 Å². The second kappa shape index (κ2) is 5.79. The summed E-state index contributed by atoms with van der Waals surface area (Å²) in [5.41, 5.74) is 7.45. The van der Waals surface area contributed by atoms with E-state index >= 15 is 0 Å². The van der Waals surface area contributed by atoms with Crippen LogP contribution in [0.25, 0.3) is 0 Å². The van der Waals surface area contributed by atoms with Gasteiger partial charge >= 0.3 is 0 Å². The van der Waals surface area contributed by atoms with Crippen molar-refractivity contribution in [2.75, 3.05) is 32.1 Å². The Morgan fingerprint density at radius 2 is 2.26 bits per heavy atom. The first-order valence-corrected chi connectivity index (χ1v) is 7.01. The highest BCUT2D eigenvalue weighted by molar-refractivity contribution is 9.10. The number of amidine groups is 1. The lowest BCUT2D eigenvalue weighted by Crippen LogP contribution is -2.31. The van der Waals surface area contributed by atoms with Gasteiger partial charge in [0.15, 0.2) is 5.84 Å². The van der Waals surface area contributed by atoms with Crippen molar-refractivity contribution in [3.8, 4) is 0 Å². The zero-order chi connectivity index (χ0) is 14.0. The van der Waals surface area contributed by atoms with Gasteiger partial charge in [0.1, 0.15) is 0 Å². The van der Waals surface area contributed by atoms with Crippen LogP contribution in [0, 0.1) is 0 Å². The van der Waals surface area contributed by atoms with Gasteiger partial charge in [-0.3, -0.25) is 0 Å². The second-order valence-electron chi connectivity index (χ2n) is 5.00. The third kappa shape index (κ3) is 3.01. The molecule has 0 aliphatic carbocycles. The van der Waals surface area contributed by atoms with Gasteiger partial charge in [0.2, 0.25) is 0 Å². The highest BCUT2D eigenvalue weighted by Crippen LogP contribution is 2.30. The van der Waals surface area contributed by atoms with E-state index in [9.17, 15) is 0 Å². The standard InChI is InChI=1S/C13H19BrN4O/c1-17(2)10-5-6-18(8-10)12-4-3-9(7-11(12)14)13(15)16-19/h3-4,7,10,19H,5-6,8H2,1-2H3,(H2,15,16). The van der Waals surface area contributed by atoms with Crippen molar-refractivity contribution in [3.63, 3.8) is 0 Å². The van der Waals surface area contributed by atoms with E-state index < -0.39 is 0 Å². The van der Waals surface area contributed by atoms with E-state index in [0.717, 1.165) is 23.2 Å². The van der Waals surface area contributed by atoms with Crippen LogP contribution in [0.3, 0.4) is 0 Å². The van der Waals surface area contributed by atoms with Crippen molar-refractivity contribution in [2.45, 2.75) is 12.5 Å². The monoisotopic (exact) mass is 326 g/mol. The summed E-state index contributed by atoms with van der Waals surface area (Å²) >= 11 is 3.56. The van der Waals surface area contributed by atoms with Gasteiger partial charge in [0, 0.05) is 29.2 Å². The van der Waals surface area contributed by atoms with E-state index in [1.807, 2.05) is 18.2 Å². The van der Waals surface area contributed by atoms with Crippen LogP contribution >= 0.6 is 15.9 Å². The molecule has 1 saturated heterocycles. The fourth-order valence-corrected chi connectivity index (χ4v) is 2.99. The number of benzene rings is 1. The highest BCUT2D eigenvalue weighted by atomic mass is 79.9. The van der Waals surface area contributed by atoms with Crippen molar-refractivity contribution in [1.82, 2.24) is 4.90 Å². The number of nitrogens with two attached hydrogens (primary N) is 1. The maximum absolute atomic E-state index is 8.69. The molecule has 0 saturated carbocycles. The molecule has 6 heteroatoms. The molecule has 3 N–H and O–H groups in total. The molecule has 0 amide bonds. The number of nitrogens with zero attached hydrogens (tertiary/aromatic N) is 3. The Morgan fingerprint density at radius 3 is 2.79 bits per heavy atom. The molecular formula is C13H19BrN4O. The van der Waals surface area contributed by atoms with E-state index in [0.29, 0.717) is 11.6 Å². The minimum absolute atomic E-state index is 0.125. The van der Waals surface area contributed by atoms with E-state index in [1.165, 1.54) is 6.42 Å². The summed E-state index contributed by atoms with van der Waals surface area (Å²) in [6.07, 6.45) is 1.17. The van der Waals surface area contributed by atoms with Gasteiger partial charge in [0.05, 0.1) is 5.69 Å². The molecule has 2 rings (SSSR count).